The van der Waals surface area contributed by atoms with Crippen LogP contribution in [0.2, 0.25) is 0 Å². The largest absolute Gasteiger partial charge is 0.270 e. The lowest BCUT2D eigenvalue weighted by Gasteiger charge is -2.07. The summed E-state index contributed by atoms with van der Waals surface area (Å²) in [6.07, 6.45) is 0. The fourth-order valence-corrected chi connectivity index (χ4v) is 4.60. The number of benzene rings is 3. The quantitative estimate of drug-likeness (QED) is 0.307. The Morgan fingerprint density at radius 2 is 1.81 bits per heavy atom. The molecule has 6 heteroatoms. The van der Waals surface area contributed by atoms with E-state index in [9.17, 15) is 10.1 Å². The molecule has 128 valence electrons. The van der Waals surface area contributed by atoms with Crippen LogP contribution >= 0.6 is 23.1 Å². The molecule has 4 aromatic rings. The van der Waals surface area contributed by atoms with E-state index in [-0.39, 0.29) is 10.6 Å². The van der Waals surface area contributed by atoms with Crippen molar-refractivity contribution in [1.82, 2.24) is 4.98 Å². The van der Waals surface area contributed by atoms with Crippen LogP contribution in [0, 0.1) is 17.0 Å². The molecule has 4 nitrogen and oxygen atoms in total. The van der Waals surface area contributed by atoms with Gasteiger partial charge in [0.15, 0.2) is 0 Å². The van der Waals surface area contributed by atoms with Crippen LogP contribution in [0.3, 0.4) is 0 Å². The molecule has 0 amide bonds. The van der Waals surface area contributed by atoms with Crippen molar-refractivity contribution in [1.29, 1.82) is 0 Å². The summed E-state index contributed by atoms with van der Waals surface area (Å²) < 4.78 is 1.07. The van der Waals surface area contributed by atoms with Crippen molar-refractivity contribution in [2.24, 2.45) is 0 Å². The van der Waals surface area contributed by atoms with E-state index in [1.807, 2.05) is 37.3 Å². The number of fused-ring (bicyclic) bond motifs is 1. The predicted molar refractivity (Wildman–Crippen MR) is 107 cm³/mol. The maximum Gasteiger partial charge on any atom is 0.270 e. The fraction of sp³-hybridized carbons (Fsp3) is 0.0500. The average molecular weight is 378 g/mol. The highest BCUT2D eigenvalue weighted by atomic mass is 32.2. The minimum absolute atomic E-state index is 0.0764. The van der Waals surface area contributed by atoms with Gasteiger partial charge in [-0.15, -0.1) is 11.3 Å². The number of nitro benzene ring substituents is 1. The monoisotopic (exact) mass is 378 g/mol. The number of aromatic nitrogens is 1. The number of thiazole rings is 1. The summed E-state index contributed by atoms with van der Waals surface area (Å²) in [5.41, 5.74) is 2.98. The molecule has 0 atom stereocenters. The maximum absolute atomic E-state index is 11.2. The first kappa shape index (κ1) is 16.8. The summed E-state index contributed by atoms with van der Waals surface area (Å²) in [4.78, 5) is 17.6. The summed E-state index contributed by atoms with van der Waals surface area (Å²) in [5, 5.41) is 12.0. The zero-order chi connectivity index (χ0) is 18.1. The van der Waals surface area contributed by atoms with Gasteiger partial charge in [0, 0.05) is 27.5 Å². The van der Waals surface area contributed by atoms with Crippen LogP contribution in [0.15, 0.2) is 76.5 Å². The number of rotatable bonds is 4. The Bertz CT molecular complexity index is 1070. The van der Waals surface area contributed by atoms with E-state index in [2.05, 4.69) is 29.2 Å². The van der Waals surface area contributed by atoms with Gasteiger partial charge < -0.3 is 0 Å². The molecule has 0 aliphatic heterocycles. The molecule has 0 radical (unpaired) electrons. The van der Waals surface area contributed by atoms with Gasteiger partial charge in [-0.3, -0.25) is 10.1 Å². The predicted octanol–water partition coefficient (Wildman–Crippen LogP) is 6.33. The lowest BCUT2D eigenvalue weighted by molar-refractivity contribution is -0.384. The molecule has 3 aromatic carbocycles. The van der Waals surface area contributed by atoms with Crippen LogP contribution in [-0.2, 0) is 0 Å². The van der Waals surface area contributed by atoms with Gasteiger partial charge in [0.1, 0.15) is 5.01 Å². The molecular weight excluding hydrogens is 364 g/mol. The van der Waals surface area contributed by atoms with E-state index in [0.717, 1.165) is 30.6 Å². The third kappa shape index (κ3) is 3.34. The van der Waals surface area contributed by atoms with Gasteiger partial charge in [-0.2, -0.15) is 0 Å². The van der Waals surface area contributed by atoms with E-state index in [1.54, 1.807) is 35.2 Å². The number of non-ortho nitro benzene ring substituents is 1. The summed E-state index contributed by atoms with van der Waals surface area (Å²) in [6.45, 7) is 2.05. The van der Waals surface area contributed by atoms with Crippen LogP contribution in [0.25, 0.3) is 20.8 Å². The summed E-state index contributed by atoms with van der Waals surface area (Å²) in [7, 11) is 0. The molecule has 0 N–H and O–H groups in total. The van der Waals surface area contributed by atoms with Crippen molar-refractivity contribution in [3.8, 4) is 10.6 Å². The number of hydrogen-bond donors (Lipinski definition) is 0. The Morgan fingerprint density at radius 1 is 1.04 bits per heavy atom. The standard InChI is InChI=1S/C20H14N2O2S2/c1-13-6-9-15(10-7-13)25-18-11-8-14(22(23)24)12-16(18)20-21-17-4-2-3-5-19(17)26-20/h2-12H,1H3. The molecule has 26 heavy (non-hydrogen) atoms. The highest BCUT2D eigenvalue weighted by Crippen LogP contribution is 2.40. The van der Waals surface area contributed by atoms with E-state index in [1.165, 1.54) is 5.56 Å². The fourth-order valence-electron chi connectivity index (χ4n) is 2.61. The first-order valence-corrected chi connectivity index (χ1v) is 9.62. The summed E-state index contributed by atoms with van der Waals surface area (Å²) in [5.74, 6) is 0. The molecule has 0 aliphatic carbocycles. The highest BCUT2D eigenvalue weighted by molar-refractivity contribution is 7.99. The number of nitrogens with zero attached hydrogens (tertiary/aromatic N) is 2. The van der Waals surface area contributed by atoms with Crippen molar-refractivity contribution in [3.63, 3.8) is 0 Å². The molecule has 1 heterocycles. The molecule has 0 saturated carbocycles. The van der Waals surface area contributed by atoms with E-state index >= 15 is 0 Å². The molecule has 0 bridgehead atoms. The van der Waals surface area contributed by atoms with Crippen LogP contribution in [0.1, 0.15) is 5.56 Å². The minimum atomic E-state index is -0.364. The minimum Gasteiger partial charge on any atom is -0.258 e. The first-order valence-electron chi connectivity index (χ1n) is 7.99. The van der Waals surface area contributed by atoms with Crippen LogP contribution in [-0.4, -0.2) is 9.91 Å². The molecule has 0 saturated heterocycles. The Hall–Kier alpha value is -2.70. The number of nitro groups is 1. The van der Waals surface area contributed by atoms with Crippen LogP contribution in [0.5, 0.6) is 0 Å². The number of aryl methyl sites for hydroxylation is 1. The van der Waals surface area contributed by atoms with Gasteiger partial charge in [0.25, 0.3) is 5.69 Å². The third-order valence-electron chi connectivity index (χ3n) is 3.95. The topological polar surface area (TPSA) is 56.0 Å². The SMILES string of the molecule is Cc1ccc(Sc2ccc([N+](=O)[O-])cc2-c2nc3ccccc3s2)cc1. The molecule has 0 unspecified atom stereocenters. The molecule has 4 rings (SSSR count). The normalized spacial score (nSPS) is 11.0. The van der Waals surface area contributed by atoms with E-state index < -0.39 is 0 Å². The lowest BCUT2D eigenvalue weighted by Crippen LogP contribution is -1.90. The van der Waals surface area contributed by atoms with Gasteiger partial charge in [0.05, 0.1) is 15.1 Å². The Balaban J connectivity index is 1.82. The Labute approximate surface area is 158 Å². The van der Waals surface area contributed by atoms with Gasteiger partial charge in [0.2, 0.25) is 0 Å². The van der Waals surface area contributed by atoms with Gasteiger partial charge in [-0.1, -0.05) is 41.6 Å². The third-order valence-corrected chi connectivity index (χ3v) is 6.10. The second-order valence-corrected chi connectivity index (χ2v) is 7.99. The van der Waals surface area contributed by atoms with E-state index in [0.29, 0.717) is 0 Å². The molecule has 0 spiro atoms. The van der Waals surface area contributed by atoms with Crippen molar-refractivity contribution in [3.05, 3.63) is 82.4 Å². The molecule has 0 aliphatic rings. The highest BCUT2D eigenvalue weighted by Gasteiger charge is 2.16. The smallest absolute Gasteiger partial charge is 0.258 e. The van der Waals surface area contributed by atoms with Crippen LogP contribution < -0.4 is 0 Å². The summed E-state index contributed by atoms with van der Waals surface area (Å²) in [6, 6.07) is 21.1. The van der Waals surface area contributed by atoms with Gasteiger partial charge >= 0.3 is 0 Å². The second kappa shape index (κ2) is 6.90. The van der Waals surface area contributed by atoms with Crippen molar-refractivity contribution < 1.29 is 4.92 Å². The second-order valence-electron chi connectivity index (χ2n) is 5.84. The number of hydrogen-bond acceptors (Lipinski definition) is 5. The molecule has 0 fully saturated rings. The zero-order valence-corrected chi connectivity index (χ0v) is 15.5. The van der Waals surface area contributed by atoms with Crippen molar-refractivity contribution >= 4 is 39.0 Å². The average Bonchev–Trinajstić information content (AvgIpc) is 3.07. The maximum atomic E-state index is 11.2. The Morgan fingerprint density at radius 3 is 2.54 bits per heavy atom. The summed E-state index contributed by atoms with van der Waals surface area (Å²) >= 11 is 3.14. The van der Waals surface area contributed by atoms with Gasteiger partial charge in [-0.25, -0.2) is 4.98 Å². The number of para-hydroxylation sites is 1. The van der Waals surface area contributed by atoms with Gasteiger partial charge in [-0.05, 0) is 37.3 Å². The van der Waals surface area contributed by atoms with Crippen molar-refractivity contribution in [2.75, 3.05) is 0 Å². The first-order chi connectivity index (χ1) is 12.6. The molecular formula is C20H14N2O2S2. The zero-order valence-electron chi connectivity index (χ0n) is 13.9. The molecule has 1 aromatic heterocycles. The van der Waals surface area contributed by atoms with Crippen molar-refractivity contribution in [2.45, 2.75) is 16.7 Å². The van der Waals surface area contributed by atoms with E-state index in [4.69, 9.17) is 0 Å². The lowest BCUT2D eigenvalue weighted by atomic mass is 10.2. The van der Waals surface area contributed by atoms with Crippen LogP contribution in [0.4, 0.5) is 5.69 Å². The Kier molecular flexibility index (Phi) is 4.44.